The maximum atomic E-state index is 5.09. The number of hydrogen-bond acceptors (Lipinski definition) is 3. The Labute approximate surface area is 100 Å². The fraction of sp³-hybridized carbons (Fsp3) is 0.385. The van der Waals surface area contributed by atoms with Crippen molar-refractivity contribution in [2.45, 2.75) is 32.4 Å². The normalized spacial score (nSPS) is 14.9. The standard InChI is InChI=1S/C13H17NOS/c1-10(8-13-4-3-7-16-13)14-11(2)12-5-6-15-9-12/h3-7,9-11,14H,8H2,1-2H3. The highest BCUT2D eigenvalue weighted by Gasteiger charge is 2.11. The van der Waals surface area contributed by atoms with E-state index in [0.29, 0.717) is 12.1 Å². The van der Waals surface area contributed by atoms with Crippen molar-refractivity contribution in [2.75, 3.05) is 0 Å². The van der Waals surface area contributed by atoms with Crippen molar-refractivity contribution >= 4 is 11.3 Å². The summed E-state index contributed by atoms with van der Waals surface area (Å²) in [5, 5.41) is 5.69. The summed E-state index contributed by atoms with van der Waals surface area (Å²) >= 11 is 1.82. The minimum Gasteiger partial charge on any atom is -0.472 e. The molecule has 0 saturated carbocycles. The van der Waals surface area contributed by atoms with Gasteiger partial charge in [0.05, 0.1) is 12.5 Å². The van der Waals surface area contributed by atoms with Crippen molar-refractivity contribution in [3.8, 4) is 0 Å². The molecule has 2 aromatic heterocycles. The van der Waals surface area contributed by atoms with Gasteiger partial charge < -0.3 is 9.73 Å². The van der Waals surface area contributed by atoms with Crippen LogP contribution in [0.4, 0.5) is 0 Å². The predicted octanol–water partition coefficient (Wildman–Crippen LogP) is 3.62. The summed E-state index contributed by atoms with van der Waals surface area (Å²) in [6, 6.07) is 7.12. The molecule has 86 valence electrons. The molecule has 3 heteroatoms. The summed E-state index contributed by atoms with van der Waals surface area (Å²) in [4.78, 5) is 1.43. The lowest BCUT2D eigenvalue weighted by atomic mass is 10.1. The number of furan rings is 1. The molecular formula is C13H17NOS. The zero-order valence-electron chi connectivity index (χ0n) is 9.64. The van der Waals surface area contributed by atoms with Crippen LogP contribution in [0.5, 0.6) is 0 Å². The second-order valence-corrected chi connectivity index (χ2v) is 5.16. The molecule has 0 aliphatic rings. The van der Waals surface area contributed by atoms with E-state index < -0.39 is 0 Å². The van der Waals surface area contributed by atoms with E-state index in [-0.39, 0.29) is 0 Å². The third kappa shape index (κ3) is 2.97. The van der Waals surface area contributed by atoms with Crippen LogP contribution in [0.2, 0.25) is 0 Å². The van der Waals surface area contributed by atoms with Crippen LogP contribution in [-0.4, -0.2) is 6.04 Å². The van der Waals surface area contributed by atoms with Crippen LogP contribution < -0.4 is 5.32 Å². The molecule has 0 spiro atoms. The molecule has 0 bridgehead atoms. The van der Waals surface area contributed by atoms with Crippen LogP contribution in [0.3, 0.4) is 0 Å². The van der Waals surface area contributed by atoms with Gasteiger partial charge in [0.1, 0.15) is 0 Å². The average molecular weight is 235 g/mol. The lowest BCUT2D eigenvalue weighted by Gasteiger charge is -2.18. The van der Waals surface area contributed by atoms with Gasteiger partial charge in [-0.3, -0.25) is 0 Å². The van der Waals surface area contributed by atoms with Crippen LogP contribution in [0.25, 0.3) is 0 Å². The molecule has 0 aliphatic heterocycles. The Morgan fingerprint density at radius 2 is 2.25 bits per heavy atom. The van der Waals surface area contributed by atoms with Gasteiger partial charge in [-0.25, -0.2) is 0 Å². The first kappa shape index (κ1) is 11.4. The fourth-order valence-electron chi connectivity index (χ4n) is 1.83. The average Bonchev–Trinajstić information content (AvgIpc) is 2.88. The van der Waals surface area contributed by atoms with Gasteiger partial charge in [0.15, 0.2) is 0 Å². The van der Waals surface area contributed by atoms with Crippen LogP contribution >= 0.6 is 11.3 Å². The second-order valence-electron chi connectivity index (χ2n) is 4.13. The highest BCUT2D eigenvalue weighted by atomic mass is 32.1. The molecule has 0 amide bonds. The molecule has 0 radical (unpaired) electrons. The van der Waals surface area contributed by atoms with E-state index in [2.05, 4.69) is 36.7 Å². The molecule has 0 aromatic carbocycles. The molecule has 2 nitrogen and oxygen atoms in total. The summed E-state index contributed by atoms with van der Waals surface area (Å²) in [6.07, 6.45) is 4.60. The van der Waals surface area contributed by atoms with Crippen molar-refractivity contribution < 1.29 is 4.42 Å². The largest absolute Gasteiger partial charge is 0.472 e. The Kier molecular flexibility index (Phi) is 3.80. The van der Waals surface area contributed by atoms with Gasteiger partial charge in [-0.05, 0) is 37.8 Å². The van der Waals surface area contributed by atoms with Gasteiger partial charge in [-0.15, -0.1) is 11.3 Å². The number of hydrogen-bond donors (Lipinski definition) is 1. The summed E-state index contributed by atoms with van der Waals surface area (Å²) in [7, 11) is 0. The van der Waals surface area contributed by atoms with Crippen molar-refractivity contribution in [3.05, 3.63) is 46.5 Å². The Hall–Kier alpha value is -1.06. The molecule has 2 heterocycles. The van der Waals surface area contributed by atoms with Crippen molar-refractivity contribution in [3.63, 3.8) is 0 Å². The molecule has 1 N–H and O–H groups in total. The first-order valence-electron chi connectivity index (χ1n) is 5.56. The quantitative estimate of drug-likeness (QED) is 0.856. The summed E-state index contributed by atoms with van der Waals surface area (Å²) < 4.78 is 5.09. The third-order valence-electron chi connectivity index (χ3n) is 2.67. The smallest absolute Gasteiger partial charge is 0.0950 e. The fourth-order valence-corrected chi connectivity index (χ4v) is 2.67. The van der Waals surface area contributed by atoms with E-state index in [1.165, 1.54) is 10.4 Å². The lowest BCUT2D eigenvalue weighted by Crippen LogP contribution is -2.30. The number of nitrogens with one attached hydrogen (secondary N) is 1. The number of rotatable bonds is 5. The molecular weight excluding hydrogens is 218 g/mol. The second kappa shape index (κ2) is 5.32. The highest BCUT2D eigenvalue weighted by molar-refractivity contribution is 7.09. The van der Waals surface area contributed by atoms with E-state index >= 15 is 0 Å². The van der Waals surface area contributed by atoms with E-state index in [4.69, 9.17) is 4.42 Å². The van der Waals surface area contributed by atoms with Crippen LogP contribution in [-0.2, 0) is 6.42 Å². The SMILES string of the molecule is CC(Cc1cccs1)NC(C)c1ccoc1. The van der Waals surface area contributed by atoms with Crippen molar-refractivity contribution in [1.82, 2.24) is 5.32 Å². The van der Waals surface area contributed by atoms with Crippen LogP contribution in [0.15, 0.2) is 40.5 Å². The molecule has 2 rings (SSSR count). The minimum absolute atomic E-state index is 0.341. The first-order valence-corrected chi connectivity index (χ1v) is 6.44. The Morgan fingerprint density at radius 1 is 1.38 bits per heavy atom. The maximum absolute atomic E-state index is 5.09. The van der Waals surface area contributed by atoms with Crippen LogP contribution in [0, 0.1) is 0 Å². The van der Waals surface area contributed by atoms with Crippen molar-refractivity contribution in [2.24, 2.45) is 0 Å². The highest BCUT2D eigenvalue weighted by Crippen LogP contribution is 2.16. The van der Waals surface area contributed by atoms with Gasteiger partial charge in [-0.1, -0.05) is 6.07 Å². The zero-order valence-corrected chi connectivity index (χ0v) is 10.5. The van der Waals surface area contributed by atoms with Gasteiger partial charge in [0.25, 0.3) is 0 Å². The molecule has 2 aromatic rings. The summed E-state index contributed by atoms with van der Waals surface area (Å²) in [6.45, 7) is 4.38. The van der Waals surface area contributed by atoms with Gasteiger partial charge in [0, 0.05) is 22.5 Å². The van der Waals surface area contributed by atoms with E-state index in [9.17, 15) is 0 Å². The minimum atomic E-state index is 0.341. The topological polar surface area (TPSA) is 25.2 Å². The Morgan fingerprint density at radius 3 is 2.88 bits per heavy atom. The predicted molar refractivity (Wildman–Crippen MR) is 67.7 cm³/mol. The van der Waals surface area contributed by atoms with E-state index in [0.717, 1.165) is 6.42 Å². The molecule has 16 heavy (non-hydrogen) atoms. The molecule has 0 saturated heterocycles. The zero-order chi connectivity index (χ0) is 11.4. The molecule has 2 unspecified atom stereocenters. The van der Waals surface area contributed by atoms with Crippen molar-refractivity contribution in [1.29, 1.82) is 0 Å². The summed E-state index contributed by atoms with van der Waals surface area (Å²) in [5.41, 5.74) is 1.21. The Bertz CT molecular complexity index is 394. The maximum Gasteiger partial charge on any atom is 0.0950 e. The van der Waals surface area contributed by atoms with Crippen LogP contribution in [0.1, 0.15) is 30.3 Å². The first-order chi connectivity index (χ1) is 7.75. The van der Waals surface area contributed by atoms with E-state index in [1.54, 1.807) is 12.5 Å². The Balaban J connectivity index is 1.85. The number of thiophene rings is 1. The molecule has 2 atom stereocenters. The van der Waals surface area contributed by atoms with E-state index in [1.807, 2.05) is 17.4 Å². The van der Waals surface area contributed by atoms with Gasteiger partial charge >= 0.3 is 0 Å². The summed E-state index contributed by atoms with van der Waals surface area (Å²) in [5.74, 6) is 0. The third-order valence-corrected chi connectivity index (χ3v) is 3.56. The monoisotopic (exact) mass is 235 g/mol. The lowest BCUT2D eigenvalue weighted by molar-refractivity contribution is 0.473. The molecule has 0 fully saturated rings. The van der Waals surface area contributed by atoms with Gasteiger partial charge in [-0.2, -0.15) is 0 Å². The molecule has 0 aliphatic carbocycles. The van der Waals surface area contributed by atoms with Gasteiger partial charge in [0.2, 0.25) is 0 Å².